The predicted octanol–water partition coefficient (Wildman–Crippen LogP) is 4.15. The molecule has 0 unspecified atom stereocenters. The van der Waals surface area contributed by atoms with Gasteiger partial charge in [-0.05, 0) is 62.2 Å². The van der Waals surface area contributed by atoms with Crippen molar-refractivity contribution in [2.24, 2.45) is 5.73 Å². The van der Waals surface area contributed by atoms with E-state index in [1.54, 1.807) is 32.9 Å². The van der Waals surface area contributed by atoms with Crippen LogP contribution in [0.25, 0.3) is 11.1 Å². The van der Waals surface area contributed by atoms with Crippen LogP contribution in [0.5, 0.6) is 5.75 Å². The molecule has 3 N–H and O–H groups in total. The fourth-order valence-corrected chi connectivity index (χ4v) is 2.48. The molecule has 0 aliphatic carbocycles. The van der Waals surface area contributed by atoms with E-state index < -0.39 is 23.4 Å². The van der Waals surface area contributed by atoms with E-state index in [0.29, 0.717) is 16.9 Å². The first-order valence-corrected chi connectivity index (χ1v) is 8.93. The minimum atomic E-state index is -0.633. The highest BCUT2D eigenvalue weighted by Gasteiger charge is 2.15. The third-order valence-corrected chi connectivity index (χ3v) is 3.77. The minimum absolute atomic E-state index is 0.0361. The molecular weight excluding hydrogens is 387 g/mol. The summed E-state index contributed by atoms with van der Waals surface area (Å²) in [6.07, 6.45) is -0.552. The van der Waals surface area contributed by atoms with Crippen LogP contribution in [0.1, 0.15) is 31.1 Å². The summed E-state index contributed by atoms with van der Waals surface area (Å²) >= 11 is 5.83. The van der Waals surface area contributed by atoms with Crippen LogP contribution in [0.2, 0.25) is 5.02 Å². The summed E-state index contributed by atoms with van der Waals surface area (Å²) in [5.41, 5.74) is 6.22. The first-order valence-electron chi connectivity index (χ1n) is 8.55. The van der Waals surface area contributed by atoms with Gasteiger partial charge in [-0.3, -0.25) is 4.79 Å². The molecule has 0 saturated heterocycles. The quantitative estimate of drug-likeness (QED) is 0.702. The molecule has 6 nitrogen and oxygen atoms in total. The Kier molecular flexibility index (Phi) is 6.85. The monoisotopic (exact) mass is 408 g/mol. The Morgan fingerprint density at radius 1 is 1.14 bits per heavy atom. The summed E-state index contributed by atoms with van der Waals surface area (Å²) in [5, 5.41) is 2.53. The summed E-state index contributed by atoms with van der Waals surface area (Å²) in [5.74, 6) is -0.800. The van der Waals surface area contributed by atoms with Crippen molar-refractivity contribution in [3.05, 3.63) is 52.8 Å². The van der Waals surface area contributed by atoms with Gasteiger partial charge in [0.1, 0.15) is 23.8 Å². The second-order valence-electron chi connectivity index (χ2n) is 7.02. The largest absolute Gasteiger partial charge is 0.492 e. The first kappa shape index (κ1) is 21.5. The van der Waals surface area contributed by atoms with E-state index in [4.69, 9.17) is 26.8 Å². The molecule has 8 heteroatoms. The molecule has 0 spiro atoms. The van der Waals surface area contributed by atoms with Crippen molar-refractivity contribution in [3.63, 3.8) is 0 Å². The number of alkyl carbamates (subject to hydrolysis) is 1. The lowest BCUT2D eigenvalue weighted by Gasteiger charge is -2.19. The van der Waals surface area contributed by atoms with Gasteiger partial charge in [0.15, 0.2) is 0 Å². The van der Waals surface area contributed by atoms with Gasteiger partial charge in [-0.15, -0.1) is 0 Å². The molecule has 150 valence electrons. The van der Waals surface area contributed by atoms with Crippen molar-refractivity contribution in [3.8, 4) is 16.9 Å². The third-order valence-electron chi connectivity index (χ3n) is 3.48. The Labute approximate surface area is 167 Å². The topological polar surface area (TPSA) is 90.7 Å². The second-order valence-corrected chi connectivity index (χ2v) is 7.42. The van der Waals surface area contributed by atoms with E-state index in [1.165, 1.54) is 24.3 Å². The van der Waals surface area contributed by atoms with Crippen molar-refractivity contribution in [1.29, 1.82) is 0 Å². The first-order chi connectivity index (χ1) is 13.0. The van der Waals surface area contributed by atoms with Gasteiger partial charge in [0, 0.05) is 5.56 Å². The van der Waals surface area contributed by atoms with Gasteiger partial charge in [-0.2, -0.15) is 0 Å². The van der Waals surface area contributed by atoms with Crippen molar-refractivity contribution >= 4 is 23.6 Å². The number of nitrogens with two attached hydrogens (primary N) is 1. The maximum Gasteiger partial charge on any atom is 0.407 e. The molecule has 0 radical (unpaired) electrons. The number of amides is 2. The SMILES string of the molecule is CC(C)(C)OC(=O)NCCOc1cc(C(N)=O)cc(-c2ccc(F)c(Cl)c2)c1. The summed E-state index contributed by atoms with van der Waals surface area (Å²) in [4.78, 5) is 23.2. The molecule has 2 rings (SSSR count). The van der Waals surface area contributed by atoms with Crippen LogP contribution in [0.3, 0.4) is 0 Å². The van der Waals surface area contributed by atoms with E-state index >= 15 is 0 Å². The van der Waals surface area contributed by atoms with E-state index in [0.717, 1.165) is 0 Å². The Morgan fingerprint density at radius 3 is 2.46 bits per heavy atom. The Hall–Kier alpha value is -2.80. The molecule has 0 atom stereocenters. The van der Waals surface area contributed by atoms with Crippen molar-refractivity contribution in [1.82, 2.24) is 5.32 Å². The smallest absolute Gasteiger partial charge is 0.407 e. The number of benzene rings is 2. The highest BCUT2D eigenvalue weighted by atomic mass is 35.5. The predicted molar refractivity (Wildman–Crippen MR) is 105 cm³/mol. The Bertz CT molecular complexity index is 881. The number of ether oxygens (including phenoxy) is 2. The molecule has 0 aromatic heterocycles. The average molecular weight is 409 g/mol. The van der Waals surface area contributed by atoms with Crippen LogP contribution in [0.4, 0.5) is 9.18 Å². The Balaban J connectivity index is 2.09. The Morgan fingerprint density at radius 2 is 1.86 bits per heavy atom. The summed E-state index contributed by atoms with van der Waals surface area (Å²) in [6, 6.07) is 8.95. The number of halogens is 2. The van der Waals surface area contributed by atoms with Crippen LogP contribution in [-0.2, 0) is 4.74 Å². The molecule has 2 aromatic rings. The highest BCUT2D eigenvalue weighted by molar-refractivity contribution is 6.31. The van der Waals surface area contributed by atoms with Crippen molar-refractivity contribution in [2.45, 2.75) is 26.4 Å². The molecular formula is C20H22ClFN2O4. The number of rotatable bonds is 6. The molecule has 2 amide bonds. The fraction of sp³-hybridized carbons (Fsp3) is 0.300. The van der Waals surface area contributed by atoms with E-state index in [2.05, 4.69) is 5.32 Å². The van der Waals surface area contributed by atoms with Gasteiger partial charge in [-0.1, -0.05) is 17.7 Å². The van der Waals surface area contributed by atoms with Crippen LogP contribution < -0.4 is 15.8 Å². The standard InChI is InChI=1S/C20H22ClFN2O4/c1-20(2,3)28-19(26)24-6-7-27-15-9-13(8-14(10-15)18(23)25)12-4-5-17(22)16(21)11-12/h4-5,8-11H,6-7H2,1-3H3,(H2,23,25)(H,24,26). The summed E-state index contributed by atoms with van der Waals surface area (Å²) in [7, 11) is 0. The van der Waals surface area contributed by atoms with Gasteiger partial charge in [0.2, 0.25) is 5.91 Å². The normalized spacial score (nSPS) is 11.0. The van der Waals surface area contributed by atoms with Crippen LogP contribution in [0.15, 0.2) is 36.4 Å². The molecule has 28 heavy (non-hydrogen) atoms. The van der Waals surface area contributed by atoms with Gasteiger partial charge in [0.25, 0.3) is 0 Å². The molecule has 0 aliphatic heterocycles. The average Bonchev–Trinajstić information content (AvgIpc) is 2.59. The fourth-order valence-electron chi connectivity index (χ4n) is 2.30. The zero-order valence-electron chi connectivity index (χ0n) is 15.8. The lowest BCUT2D eigenvalue weighted by molar-refractivity contribution is 0.0520. The molecule has 0 bridgehead atoms. The number of nitrogens with one attached hydrogen (secondary N) is 1. The summed E-state index contributed by atoms with van der Waals surface area (Å²) < 4.78 is 24.1. The maximum atomic E-state index is 13.4. The lowest BCUT2D eigenvalue weighted by atomic mass is 10.0. The maximum absolute atomic E-state index is 13.4. The van der Waals surface area contributed by atoms with E-state index in [-0.39, 0.29) is 23.7 Å². The van der Waals surface area contributed by atoms with Crippen LogP contribution >= 0.6 is 11.6 Å². The van der Waals surface area contributed by atoms with Gasteiger partial charge in [-0.25, -0.2) is 9.18 Å². The lowest BCUT2D eigenvalue weighted by Crippen LogP contribution is -2.34. The number of carbonyl (C=O) groups is 2. The van der Waals surface area contributed by atoms with Crippen molar-refractivity contribution in [2.75, 3.05) is 13.2 Å². The molecule has 0 aliphatic rings. The van der Waals surface area contributed by atoms with E-state index in [1.807, 2.05) is 0 Å². The van der Waals surface area contributed by atoms with Crippen molar-refractivity contribution < 1.29 is 23.5 Å². The number of hydrogen-bond donors (Lipinski definition) is 2. The third kappa shape index (κ3) is 6.42. The van der Waals surface area contributed by atoms with Gasteiger partial charge < -0.3 is 20.5 Å². The molecule has 0 saturated carbocycles. The number of hydrogen-bond acceptors (Lipinski definition) is 4. The van der Waals surface area contributed by atoms with Gasteiger partial charge in [0.05, 0.1) is 11.6 Å². The zero-order valence-corrected chi connectivity index (χ0v) is 16.6. The minimum Gasteiger partial charge on any atom is -0.492 e. The summed E-state index contributed by atoms with van der Waals surface area (Å²) in [6.45, 7) is 5.64. The number of primary amides is 1. The molecule has 2 aromatic carbocycles. The second kappa shape index (κ2) is 8.93. The number of carbonyl (C=O) groups excluding carboxylic acids is 2. The van der Waals surface area contributed by atoms with E-state index in [9.17, 15) is 14.0 Å². The zero-order chi connectivity index (χ0) is 20.9. The molecule has 0 fully saturated rings. The van der Waals surface area contributed by atoms with Gasteiger partial charge >= 0.3 is 6.09 Å². The highest BCUT2D eigenvalue weighted by Crippen LogP contribution is 2.29. The molecule has 0 heterocycles. The van der Waals surface area contributed by atoms with Crippen LogP contribution in [0, 0.1) is 5.82 Å². The van der Waals surface area contributed by atoms with Crippen LogP contribution in [-0.4, -0.2) is 30.8 Å².